The fourth-order valence-electron chi connectivity index (χ4n) is 1.99. The first-order chi connectivity index (χ1) is 8.49. The van der Waals surface area contributed by atoms with Crippen LogP contribution >= 0.6 is 0 Å². The van der Waals surface area contributed by atoms with Gasteiger partial charge in [0.25, 0.3) is 5.91 Å². The molecule has 1 saturated carbocycles. The SMILES string of the molecule is CC(CNC(=O)c1nn(C)cc1N)N(C)C1CC1. The van der Waals surface area contributed by atoms with E-state index in [-0.39, 0.29) is 5.91 Å². The van der Waals surface area contributed by atoms with Gasteiger partial charge in [0, 0.05) is 31.9 Å². The van der Waals surface area contributed by atoms with Crippen LogP contribution < -0.4 is 11.1 Å². The summed E-state index contributed by atoms with van der Waals surface area (Å²) in [6.45, 7) is 2.72. The molecule has 1 aromatic rings. The van der Waals surface area contributed by atoms with Crippen LogP contribution in [0.3, 0.4) is 0 Å². The molecule has 1 heterocycles. The average Bonchev–Trinajstić information content (AvgIpc) is 3.10. The predicted octanol–water partition coefficient (Wildman–Crippen LogP) is 0.215. The van der Waals surface area contributed by atoms with Crippen molar-refractivity contribution >= 4 is 11.6 Å². The van der Waals surface area contributed by atoms with Crippen LogP contribution in [0.1, 0.15) is 30.3 Å². The van der Waals surface area contributed by atoms with Crippen LogP contribution in [0.2, 0.25) is 0 Å². The lowest BCUT2D eigenvalue weighted by Crippen LogP contribution is -2.41. The van der Waals surface area contributed by atoms with E-state index >= 15 is 0 Å². The molecule has 0 bridgehead atoms. The molecule has 1 aliphatic rings. The lowest BCUT2D eigenvalue weighted by atomic mass is 10.2. The monoisotopic (exact) mass is 251 g/mol. The Morgan fingerprint density at radius 1 is 1.72 bits per heavy atom. The minimum absolute atomic E-state index is 0.204. The number of anilines is 1. The summed E-state index contributed by atoms with van der Waals surface area (Å²) in [4.78, 5) is 14.2. The summed E-state index contributed by atoms with van der Waals surface area (Å²) in [5.41, 5.74) is 6.43. The number of nitrogen functional groups attached to an aromatic ring is 1. The highest BCUT2D eigenvalue weighted by molar-refractivity contribution is 5.96. The standard InChI is InChI=1S/C12H21N5O/c1-8(17(3)9-4-5-9)6-14-12(18)11-10(13)7-16(2)15-11/h7-9H,4-6,13H2,1-3H3,(H,14,18). The molecule has 0 aromatic carbocycles. The van der Waals surface area contributed by atoms with Gasteiger partial charge in [0.15, 0.2) is 5.69 Å². The predicted molar refractivity (Wildman–Crippen MR) is 70.2 cm³/mol. The van der Waals surface area contributed by atoms with E-state index in [0.29, 0.717) is 30.0 Å². The van der Waals surface area contributed by atoms with Gasteiger partial charge in [0.05, 0.1) is 5.69 Å². The van der Waals surface area contributed by atoms with Crippen LogP contribution in [0.15, 0.2) is 6.20 Å². The highest BCUT2D eigenvalue weighted by Crippen LogP contribution is 2.26. The number of aromatic nitrogens is 2. The van der Waals surface area contributed by atoms with E-state index in [1.165, 1.54) is 12.8 Å². The van der Waals surface area contributed by atoms with Crippen LogP contribution in [0, 0.1) is 0 Å². The number of carbonyl (C=O) groups excluding carboxylic acids is 1. The number of nitrogens with two attached hydrogens (primary N) is 1. The molecular weight excluding hydrogens is 230 g/mol. The molecular formula is C12H21N5O. The molecule has 1 fully saturated rings. The number of hydrogen-bond donors (Lipinski definition) is 2. The number of aryl methyl sites for hydroxylation is 1. The second-order valence-corrected chi connectivity index (χ2v) is 5.06. The molecule has 1 amide bonds. The molecule has 0 radical (unpaired) electrons. The molecule has 100 valence electrons. The zero-order chi connectivity index (χ0) is 13.3. The maximum Gasteiger partial charge on any atom is 0.273 e. The average molecular weight is 251 g/mol. The Balaban J connectivity index is 1.86. The van der Waals surface area contributed by atoms with Crippen molar-refractivity contribution in [3.63, 3.8) is 0 Å². The van der Waals surface area contributed by atoms with Crippen molar-refractivity contribution in [2.24, 2.45) is 7.05 Å². The third-order valence-corrected chi connectivity index (χ3v) is 3.45. The Labute approximate surface area is 107 Å². The van der Waals surface area contributed by atoms with E-state index in [0.717, 1.165) is 0 Å². The largest absolute Gasteiger partial charge is 0.396 e. The van der Waals surface area contributed by atoms with Crippen LogP contribution in [-0.2, 0) is 7.05 Å². The highest BCUT2D eigenvalue weighted by atomic mass is 16.2. The van der Waals surface area contributed by atoms with Crippen LogP contribution in [0.25, 0.3) is 0 Å². The smallest absolute Gasteiger partial charge is 0.273 e. The maximum absolute atomic E-state index is 11.9. The quantitative estimate of drug-likeness (QED) is 0.784. The molecule has 1 aliphatic carbocycles. The Morgan fingerprint density at radius 2 is 2.39 bits per heavy atom. The van der Waals surface area contributed by atoms with E-state index in [4.69, 9.17) is 5.73 Å². The number of nitrogens with one attached hydrogen (secondary N) is 1. The summed E-state index contributed by atoms with van der Waals surface area (Å²) in [6, 6.07) is 1.02. The molecule has 6 heteroatoms. The summed E-state index contributed by atoms with van der Waals surface area (Å²) in [7, 11) is 3.85. The topological polar surface area (TPSA) is 76.2 Å². The minimum atomic E-state index is -0.204. The van der Waals surface area contributed by atoms with Crippen molar-refractivity contribution in [2.45, 2.75) is 31.8 Å². The summed E-state index contributed by atoms with van der Waals surface area (Å²) in [5.74, 6) is -0.204. The Kier molecular flexibility index (Phi) is 3.56. The number of likely N-dealkylation sites (N-methyl/N-ethyl adjacent to an activating group) is 1. The molecule has 0 saturated heterocycles. The van der Waals surface area contributed by atoms with E-state index in [2.05, 4.69) is 29.3 Å². The second kappa shape index (κ2) is 4.97. The van der Waals surface area contributed by atoms with Gasteiger partial charge in [0.1, 0.15) is 0 Å². The Hall–Kier alpha value is -1.56. The summed E-state index contributed by atoms with van der Waals surface area (Å²) in [6.07, 6.45) is 4.17. The van der Waals surface area contributed by atoms with E-state index < -0.39 is 0 Å². The fraction of sp³-hybridized carbons (Fsp3) is 0.667. The number of amides is 1. The van der Waals surface area contributed by atoms with Gasteiger partial charge >= 0.3 is 0 Å². The van der Waals surface area contributed by atoms with Gasteiger partial charge < -0.3 is 11.1 Å². The lowest BCUT2D eigenvalue weighted by Gasteiger charge is -2.24. The zero-order valence-electron chi connectivity index (χ0n) is 11.2. The lowest BCUT2D eigenvalue weighted by molar-refractivity contribution is 0.0934. The van der Waals surface area contributed by atoms with Gasteiger partial charge in [-0.1, -0.05) is 0 Å². The van der Waals surface area contributed by atoms with E-state index in [1.807, 2.05) is 0 Å². The number of nitrogens with zero attached hydrogens (tertiary/aromatic N) is 3. The Morgan fingerprint density at radius 3 is 2.89 bits per heavy atom. The number of rotatable bonds is 5. The molecule has 2 rings (SSSR count). The first-order valence-corrected chi connectivity index (χ1v) is 6.28. The molecule has 1 atom stereocenters. The molecule has 1 unspecified atom stereocenters. The molecule has 1 aromatic heterocycles. The molecule has 3 N–H and O–H groups in total. The van der Waals surface area contributed by atoms with Gasteiger partial charge in [-0.25, -0.2) is 0 Å². The Bertz CT molecular complexity index is 438. The summed E-state index contributed by atoms with van der Waals surface area (Å²) in [5, 5.41) is 6.93. The molecule has 6 nitrogen and oxygen atoms in total. The molecule has 18 heavy (non-hydrogen) atoms. The van der Waals surface area contributed by atoms with Gasteiger partial charge in [-0.05, 0) is 26.8 Å². The van der Waals surface area contributed by atoms with Gasteiger partial charge in [-0.3, -0.25) is 14.4 Å². The van der Waals surface area contributed by atoms with E-state index in [1.54, 1.807) is 17.9 Å². The van der Waals surface area contributed by atoms with Gasteiger partial charge in [-0.2, -0.15) is 5.10 Å². The van der Waals surface area contributed by atoms with Crippen LogP contribution in [0.5, 0.6) is 0 Å². The van der Waals surface area contributed by atoms with Crippen molar-refractivity contribution in [3.8, 4) is 0 Å². The minimum Gasteiger partial charge on any atom is -0.396 e. The van der Waals surface area contributed by atoms with Crippen molar-refractivity contribution in [1.29, 1.82) is 0 Å². The number of carbonyl (C=O) groups is 1. The summed E-state index contributed by atoms with van der Waals surface area (Å²) < 4.78 is 1.55. The van der Waals surface area contributed by atoms with Gasteiger partial charge in [-0.15, -0.1) is 0 Å². The van der Waals surface area contributed by atoms with Crippen molar-refractivity contribution < 1.29 is 4.79 Å². The second-order valence-electron chi connectivity index (χ2n) is 5.06. The van der Waals surface area contributed by atoms with Crippen LogP contribution in [0.4, 0.5) is 5.69 Å². The summed E-state index contributed by atoms with van der Waals surface area (Å²) >= 11 is 0. The van der Waals surface area contributed by atoms with Crippen molar-refractivity contribution in [1.82, 2.24) is 20.0 Å². The fourth-order valence-corrected chi connectivity index (χ4v) is 1.99. The maximum atomic E-state index is 11.9. The van der Waals surface area contributed by atoms with Gasteiger partial charge in [0.2, 0.25) is 0 Å². The van der Waals surface area contributed by atoms with Crippen LogP contribution in [-0.4, -0.2) is 46.3 Å². The zero-order valence-corrected chi connectivity index (χ0v) is 11.2. The number of hydrogen-bond acceptors (Lipinski definition) is 4. The highest BCUT2D eigenvalue weighted by Gasteiger charge is 2.29. The third kappa shape index (κ3) is 2.81. The normalized spacial score (nSPS) is 16.9. The van der Waals surface area contributed by atoms with Crippen molar-refractivity contribution in [2.75, 3.05) is 19.3 Å². The van der Waals surface area contributed by atoms with E-state index in [9.17, 15) is 4.79 Å². The molecule has 0 aliphatic heterocycles. The first-order valence-electron chi connectivity index (χ1n) is 6.28. The van der Waals surface area contributed by atoms with Crippen molar-refractivity contribution in [3.05, 3.63) is 11.9 Å². The third-order valence-electron chi connectivity index (χ3n) is 3.45. The molecule has 0 spiro atoms. The first kappa shape index (κ1) is 12.9.